The molecule has 2 heterocycles. The maximum absolute atomic E-state index is 10.6. The number of anilines is 2. The monoisotopic (exact) mass is 413 g/mol. The molecule has 1 atom stereocenters. The first-order chi connectivity index (χ1) is 13.8. The Balaban J connectivity index is 1.76. The highest BCUT2D eigenvalue weighted by atomic mass is 32.3. The van der Waals surface area contributed by atoms with Gasteiger partial charge >= 0.3 is 0 Å². The van der Waals surface area contributed by atoms with E-state index in [2.05, 4.69) is 16.3 Å². The van der Waals surface area contributed by atoms with Crippen LogP contribution in [0.1, 0.15) is 18.1 Å². The number of benzene rings is 2. The molecular formula is C22H27N3O3S. The molecule has 29 heavy (non-hydrogen) atoms. The van der Waals surface area contributed by atoms with E-state index in [1.807, 2.05) is 43.3 Å². The Labute approximate surface area is 172 Å². The third-order valence-electron chi connectivity index (χ3n) is 5.19. The second kappa shape index (κ2) is 7.84. The Morgan fingerprint density at radius 1 is 1.17 bits per heavy atom. The van der Waals surface area contributed by atoms with Gasteiger partial charge in [0.05, 0.1) is 22.3 Å². The van der Waals surface area contributed by atoms with E-state index in [0.717, 1.165) is 33.5 Å². The fraction of sp³-hybridized carbons (Fsp3) is 0.318. The predicted molar refractivity (Wildman–Crippen MR) is 120 cm³/mol. The van der Waals surface area contributed by atoms with E-state index in [1.54, 1.807) is 13.0 Å². The molecule has 1 aromatic heterocycles. The lowest BCUT2D eigenvalue weighted by molar-refractivity contribution is 0.208. The lowest BCUT2D eigenvalue weighted by Crippen LogP contribution is -2.26. The van der Waals surface area contributed by atoms with Crippen molar-refractivity contribution in [2.75, 3.05) is 29.1 Å². The van der Waals surface area contributed by atoms with Crippen LogP contribution in [-0.2, 0) is 6.54 Å². The van der Waals surface area contributed by atoms with Crippen molar-refractivity contribution < 1.29 is 14.2 Å². The van der Waals surface area contributed by atoms with Crippen molar-refractivity contribution >= 4 is 33.0 Å². The SMILES string of the molecule is Cc1ccc2nc(N3CCS(O)(O)c4ccccc4C3)cc(NCC(C)O)c2c1. The van der Waals surface area contributed by atoms with Crippen molar-refractivity contribution in [1.29, 1.82) is 0 Å². The molecule has 0 fully saturated rings. The Kier molecular flexibility index (Phi) is 5.40. The molecule has 0 aliphatic carbocycles. The van der Waals surface area contributed by atoms with Gasteiger partial charge in [-0.05, 0) is 37.6 Å². The van der Waals surface area contributed by atoms with Gasteiger partial charge in [-0.3, -0.25) is 9.11 Å². The van der Waals surface area contributed by atoms with E-state index in [-0.39, 0.29) is 5.75 Å². The molecule has 1 aliphatic rings. The third kappa shape index (κ3) is 4.18. The largest absolute Gasteiger partial charge is 0.392 e. The van der Waals surface area contributed by atoms with Crippen LogP contribution in [0.25, 0.3) is 10.9 Å². The highest BCUT2D eigenvalue weighted by molar-refractivity contribution is 8.24. The zero-order chi connectivity index (χ0) is 20.6. The zero-order valence-corrected chi connectivity index (χ0v) is 17.5. The van der Waals surface area contributed by atoms with Gasteiger partial charge in [0.15, 0.2) is 0 Å². The molecule has 7 heteroatoms. The van der Waals surface area contributed by atoms with Gasteiger partial charge in [-0.25, -0.2) is 4.98 Å². The molecule has 4 rings (SSSR count). The molecule has 0 bridgehead atoms. The van der Waals surface area contributed by atoms with Crippen LogP contribution in [0.5, 0.6) is 0 Å². The molecule has 4 N–H and O–H groups in total. The molecule has 1 unspecified atom stereocenters. The lowest BCUT2D eigenvalue weighted by Gasteiger charge is -2.32. The first kappa shape index (κ1) is 20.0. The van der Waals surface area contributed by atoms with E-state index in [0.29, 0.717) is 24.5 Å². The lowest BCUT2D eigenvalue weighted by atomic mass is 10.1. The maximum Gasteiger partial charge on any atom is 0.131 e. The highest BCUT2D eigenvalue weighted by Crippen LogP contribution is 2.51. The molecule has 2 aromatic carbocycles. The number of rotatable bonds is 4. The van der Waals surface area contributed by atoms with Gasteiger partial charge < -0.3 is 15.3 Å². The minimum Gasteiger partial charge on any atom is -0.392 e. The van der Waals surface area contributed by atoms with Crippen LogP contribution in [0, 0.1) is 6.92 Å². The van der Waals surface area contributed by atoms with Crippen molar-refractivity contribution in [2.24, 2.45) is 0 Å². The Bertz CT molecular complexity index is 1040. The van der Waals surface area contributed by atoms with Gasteiger partial charge in [-0.1, -0.05) is 29.8 Å². The van der Waals surface area contributed by atoms with Gasteiger partial charge in [0.1, 0.15) is 5.82 Å². The van der Waals surface area contributed by atoms with Crippen LogP contribution in [0.3, 0.4) is 0 Å². The summed E-state index contributed by atoms with van der Waals surface area (Å²) in [6, 6.07) is 15.6. The van der Waals surface area contributed by atoms with Gasteiger partial charge in [0.25, 0.3) is 0 Å². The van der Waals surface area contributed by atoms with Gasteiger partial charge in [0, 0.05) is 36.8 Å². The van der Waals surface area contributed by atoms with Crippen LogP contribution in [0.2, 0.25) is 0 Å². The standard InChI is InChI=1S/C22H27N3O3S/c1-15-7-8-19-18(11-15)20(23-13-16(2)26)12-22(24-19)25-9-10-29(27,28)21-6-4-3-5-17(21)14-25/h3-8,11-12,16,26-28H,9-10,13-14H2,1-2H3,(H,23,24). The van der Waals surface area contributed by atoms with E-state index >= 15 is 0 Å². The summed E-state index contributed by atoms with van der Waals surface area (Å²) in [6.45, 7) is 5.29. The number of aliphatic hydroxyl groups is 1. The summed E-state index contributed by atoms with van der Waals surface area (Å²) >= 11 is 0. The number of aliphatic hydroxyl groups excluding tert-OH is 1. The minimum atomic E-state index is -2.82. The molecule has 3 aromatic rings. The summed E-state index contributed by atoms with van der Waals surface area (Å²) in [5, 5.41) is 14.1. The Morgan fingerprint density at radius 2 is 1.97 bits per heavy atom. The van der Waals surface area contributed by atoms with Crippen molar-refractivity contribution in [3.63, 3.8) is 0 Å². The van der Waals surface area contributed by atoms with Crippen molar-refractivity contribution in [3.8, 4) is 0 Å². The number of hydrogen-bond acceptors (Lipinski definition) is 6. The molecule has 0 saturated heterocycles. The summed E-state index contributed by atoms with van der Waals surface area (Å²) < 4.78 is 21.3. The van der Waals surface area contributed by atoms with Crippen LogP contribution in [0.4, 0.5) is 11.5 Å². The summed E-state index contributed by atoms with van der Waals surface area (Å²) in [4.78, 5) is 7.58. The second-order valence-electron chi connectivity index (χ2n) is 7.68. The third-order valence-corrected chi connectivity index (χ3v) is 7.05. The summed E-state index contributed by atoms with van der Waals surface area (Å²) in [5.41, 5.74) is 3.84. The molecule has 6 nitrogen and oxygen atoms in total. The van der Waals surface area contributed by atoms with Gasteiger partial charge in [0.2, 0.25) is 0 Å². The first-order valence-electron chi connectivity index (χ1n) is 9.75. The van der Waals surface area contributed by atoms with Crippen molar-refractivity contribution in [2.45, 2.75) is 31.4 Å². The van der Waals surface area contributed by atoms with E-state index < -0.39 is 16.7 Å². The van der Waals surface area contributed by atoms with Crippen LogP contribution in [0.15, 0.2) is 53.4 Å². The normalized spacial score (nSPS) is 18.0. The number of nitrogens with zero attached hydrogens (tertiary/aromatic N) is 2. The van der Waals surface area contributed by atoms with Crippen LogP contribution in [-0.4, -0.2) is 44.1 Å². The van der Waals surface area contributed by atoms with Crippen molar-refractivity contribution in [1.82, 2.24) is 4.98 Å². The number of nitrogens with one attached hydrogen (secondary N) is 1. The zero-order valence-electron chi connectivity index (χ0n) is 16.7. The molecular weight excluding hydrogens is 386 g/mol. The maximum atomic E-state index is 10.6. The quantitative estimate of drug-likeness (QED) is 0.505. The Hall–Kier alpha value is -2.32. The van der Waals surface area contributed by atoms with Crippen LogP contribution < -0.4 is 10.2 Å². The van der Waals surface area contributed by atoms with Gasteiger partial charge in [-0.2, -0.15) is 10.6 Å². The molecule has 0 spiro atoms. The molecule has 1 aliphatic heterocycles. The fourth-order valence-electron chi connectivity index (χ4n) is 3.67. The summed E-state index contributed by atoms with van der Waals surface area (Å²) in [7, 11) is -2.82. The topological polar surface area (TPSA) is 88.9 Å². The number of pyridine rings is 1. The molecule has 0 amide bonds. The van der Waals surface area contributed by atoms with E-state index in [9.17, 15) is 14.2 Å². The average molecular weight is 414 g/mol. The van der Waals surface area contributed by atoms with Crippen molar-refractivity contribution in [3.05, 3.63) is 59.7 Å². The van der Waals surface area contributed by atoms with Gasteiger partial charge in [-0.15, -0.1) is 0 Å². The summed E-state index contributed by atoms with van der Waals surface area (Å²) in [6.07, 6.45) is -0.468. The fourth-order valence-corrected chi connectivity index (χ4v) is 5.22. The molecule has 0 saturated carbocycles. The van der Waals surface area contributed by atoms with E-state index in [4.69, 9.17) is 4.98 Å². The second-order valence-corrected chi connectivity index (χ2v) is 9.86. The molecule has 0 radical (unpaired) electrons. The first-order valence-corrected chi connectivity index (χ1v) is 11.5. The smallest absolute Gasteiger partial charge is 0.131 e. The number of fused-ring (bicyclic) bond motifs is 2. The van der Waals surface area contributed by atoms with E-state index in [1.165, 1.54) is 0 Å². The number of hydrogen-bond donors (Lipinski definition) is 4. The highest BCUT2D eigenvalue weighted by Gasteiger charge is 2.26. The number of aromatic nitrogens is 1. The average Bonchev–Trinajstić information content (AvgIpc) is 2.82. The minimum absolute atomic E-state index is 0.272. The molecule has 154 valence electrons. The Morgan fingerprint density at radius 3 is 2.76 bits per heavy atom. The summed E-state index contributed by atoms with van der Waals surface area (Å²) in [5.74, 6) is 1.05. The number of aryl methyl sites for hydroxylation is 1. The predicted octanol–water partition coefficient (Wildman–Crippen LogP) is 4.47. The van der Waals surface area contributed by atoms with Crippen LogP contribution >= 0.6 is 10.6 Å².